The van der Waals surface area contributed by atoms with E-state index in [1.54, 1.807) is 12.0 Å². The molecule has 0 bridgehead atoms. The molecule has 0 saturated heterocycles. The first-order chi connectivity index (χ1) is 17.0. The van der Waals surface area contributed by atoms with E-state index in [-0.39, 0.29) is 24.3 Å². The van der Waals surface area contributed by atoms with Crippen LogP contribution < -0.4 is 10.1 Å². The van der Waals surface area contributed by atoms with Crippen LogP contribution in [-0.4, -0.2) is 46.6 Å². The standard InChI is InChI=1S/C27H28N4O3S/c1-4-18(2)31(26(33)22-13-12-19-8-5-6-9-20(19)16-22)15-14-24(32)28-27-30-29-25(35-27)21-10-7-11-23(17-21)34-3/h5-13,16-18H,4,14-15H2,1-3H3,(H,28,30,32)/t18-/m1/s1. The first-order valence-corrected chi connectivity index (χ1v) is 12.4. The van der Waals surface area contributed by atoms with E-state index in [4.69, 9.17) is 4.74 Å². The van der Waals surface area contributed by atoms with Gasteiger partial charge in [0.1, 0.15) is 10.8 Å². The summed E-state index contributed by atoms with van der Waals surface area (Å²) in [5, 5.41) is 14.3. The molecule has 8 heteroatoms. The molecular formula is C27H28N4O3S. The van der Waals surface area contributed by atoms with Crippen LogP contribution in [-0.2, 0) is 4.79 Å². The number of benzene rings is 3. The molecule has 3 aromatic carbocycles. The minimum absolute atomic E-state index is 0.00274. The Balaban J connectivity index is 1.41. The molecule has 35 heavy (non-hydrogen) atoms. The summed E-state index contributed by atoms with van der Waals surface area (Å²) in [7, 11) is 1.61. The number of nitrogens with one attached hydrogen (secondary N) is 1. The number of aromatic nitrogens is 2. The number of amides is 2. The van der Waals surface area contributed by atoms with Crippen LogP contribution in [0.15, 0.2) is 66.7 Å². The van der Waals surface area contributed by atoms with Gasteiger partial charge in [-0.25, -0.2) is 0 Å². The first kappa shape index (κ1) is 24.3. The van der Waals surface area contributed by atoms with Gasteiger partial charge in [-0.05, 0) is 48.4 Å². The summed E-state index contributed by atoms with van der Waals surface area (Å²) in [6, 6.07) is 21.2. The maximum absolute atomic E-state index is 13.3. The number of ether oxygens (including phenoxy) is 1. The lowest BCUT2D eigenvalue weighted by molar-refractivity contribution is -0.116. The smallest absolute Gasteiger partial charge is 0.254 e. The molecule has 0 radical (unpaired) electrons. The third kappa shape index (κ3) is 5.84. The van der Waals surface area contributed by atoms with Gasteiger partial charge in [-0.2, -0.15) is 0 Å². The quantitative estimate of drug-likeness (QED) is 0.330. The third-order valence-electron chi connectivity index (χ3n) is 5.95. The number of hydrogen-bond donors (Lipinski definition) is 1. The molecule has 1 aromatic heterocycles. The number of anilines is 1. The van der Waals surface area contributed by atoms with E-state index >= 15 is 0 Å². The molecule has 0 fully saturated rings. The Kier molecular flexibility index (Phi) is 7.72. The molecule has 0 saturated carbocycles. The van der Waals surface area contributed by atoms with E-state index in [0.29, 0.717) is 22.2 Å². The second-order valence-electron chi connectivity index (χ2n) is 8.26. The second kappa shape index (κ2) is 11.1. The van der Waals surface area contributed by atoms with Gasteiger partial charge in [0.05, 0.1) is 7.11 Å². The molecule has 4 aromatic rings. The minimum atomic E-state index is -0.210. The van der Waals surface area contributed by atoms with Gasteiger partial charge in [0.2, 0.25) is 11.0 Å². The van der Waals surface area contributed by atoms with Gasteiger partial charge in [0.25, 0.3) is 5.91 Å². The highest BCUT2D eigenvalue weighted by atomic mass is 32.1. The normalized spacial score (nSPS) is 11.7. The topological polar surface area (TPSA) is 84.4 Å². The fraction of sp³-hybridized carbons (Fsp3) is 0.259. The number of carbonyl (C=O) groups is 2. The zero-order chi connectivity index (χ0) is 24.8. The van der Waals surface area contributed by atoms with Crippen molar-refractivity contribution in [1.82, 2.24) is 15.1 Å². The number of carbonyl (C=O) groups excluding carboxylic acids is 2. The third-order valence-corrected chi connectivity index (χ3v) is 6.84. The van der Waals surface area contributed by atoms with Gasteiger partial charge in [0.15, 0.2) is 0 Å². The number of rotatable bonds is 9. The van der Waals surface area contributed by atoms with Gasteiger partial charge in [-0.3, -0.25) is 9.59 Å². The van der Waals surface area contributed by atoms with Crippen molar-refractivity contribution in [2.75, 3.05) is 19.0 Å². The molecule has 4 rings (SSSR count). The van der Waals surface area contributed by atoms with Crippen LogP contribution in [0.2, 0.25) is 0 Å². The average molecular weight is 489 g/mol. The van der Waals surface area contributed by atoms with E-state index in [2.05, 4.69) is 15.5 Å². The van der Waals surface area contributed by atoms with Gasteiger partial charge in [0, 0.05) is 30.1 Å². The molecule has 1 N–H and O–H groups in total. The molecular weight excluding hydrogens is 460 g/mol. The van der Waals surface area contributed by atoms with Gasteiger partial charge < -0.3 is 15.0 Å². The lowest BCUT2D eigenvalue weighted by atomic mass is 10.1. The minimum Gasteiger partial charge on any atom is -0.497 e. The zero-order valence-electron chi connectivity index (χ0n) is 20.0. The zero-order valence-corrected chi connectivity index (χ0v) is 20.8. The van der Waals surface area contributed by atoms with Crippen molar-refractivity contribution < 1.29 is 14.3 Å². The van der Waals surface area contributed by atoms with E-state index in [1.807, 2.05) is 80.6 Å². The van der Waals surface area contributed by atoms with E-state index in [1.165, 1.54) is 11.3 Å². The first-order valence-electron chi connectivity index (χ1n) is 11.6. The van der Waals surface area contributed by atoms with Crippen LogP contribution in [0.1, 0.15) is 37.0 Å². The summed E-state index contributed by atoms with van der Waals surface area (Å²) >= 11 is 1.29. The van der Waals surface area contributed by atoms with Crippen LogP contribution >= 0.6 is 11.3 Å². The summed E-state index contributed by atoms with van der Waals surface area (Å²) in [6.45, 7) is 4.35. The van der Waals surface area contributed by atoms with E-state index < -0.39 is 0 Å². The van der Waals surface area contributed by atoms with Crippen molar-refractivity contribution in [1.29, 1.82) is 0 Å². The van der Waals surface area contributed by atoms with E-state index in [0.717, 1.165) is 28.5 Å². The molecule has 0 aliphatic carbocycles. The summed E-state index contributed by atoms with van der Waals surface area (Å²) in [4.78, 5) is 27.8. The second-order valence-corrected chi connectivity index (χ2v) is 9.24. The van der Waals surface area contributed by atoms with Crippen LogP contribution in [0.4, 0.5) is 5.13 Å². The van der Waals surface area contributed by atoms with Gasteiger partial charge >= 0.3 is 0 Å². The van der Waals surface area contributed by atoms with Crippen LogP contribution in [0.3, 0.4) is 0 Å². The Bertz CT molecular complexity index is 1340. The highest BCUT2D eigenvalue weighted by Crippen LogP contribution is 2.29. The van der Waals surface area contributed by atoms with Crippen molar-refractivity contribution in [2.45, 2.75) is 32.7 Å². The highest BCUT2D eigenvalue weighted by molar-refractivity contribution is 7.18. The lowest BCUT2D eigenvalue weighted by Gasteiger charge is -2.28. The van der Waals surface area contributed by atoms with Crippen molar-refractivity contribution in [3.63, 3.8) is 0 Å². The Morgan fingerprint density at radius 2 is 1.83 bits per heavy atom. The van der Waals surface area contributed by atoms with Gasteiger partial charge in [-0.15, -0.1) is 10.2 Å². The monoisotopic (exact) mass is 488 g/mol. The number of nitrogens with zero attached hydrogens (tertiary/aromatic N) is 3. The van der Waals surface area contributed by atoms with Crippen molar-refractivity contribution >= 4 is 39.1 Å². The molecule has 180 valence electrons. The van der Waals surface area contributed by atoms with Crippen molar-refractivity contribution in [3.05, 3.63) is 72.3 Å². The largest absolute Gasteiger partial charge is 0.497 e. The Labute approximate surface area is 208 Å². The number of methoxy groups -OCH3 is 1. The Hall–Kier alpha value is -3.78. The van der Waals surface area contributed by atoms with Crippen LogP contribution in [0.5, 0.6) is 5.75 Å². The molecule has 2 amide bonds. The molecule has 1 heterocycles. The highest BCUT2D eigenvalue weighted by Gasteiger charge is 2.22. The Morgan fingerprint density at radius 1 is 1.03 bits per heavy atom. The van der Waals surface area contributed by atoms with Crippen LogP contribution in [0, 0.1) is 0 Å². The van der Waals surface area contributed by atoms with Gasteiger partial charge in [-0.1, -0.05) is 60.7 Å². The molecule has 1 atom stereocenters. The van der Waals surface area contributed by atoms with Crippen LogP contribution in [0.25, 0.3) is 21.3 Å². The molecule has 7 nitrogen and oxygen atoms in total. The Morgan fingerprint density at radius 3 is 2.60 bits per heavy atom. The lowest BCUT2D eigenvalue weighted by Crippen LogP contribution is -2.40. The fourth-order valence-corrected chi connectivity index (χ4v) is 4.54. The number of hydrogen-bond acceptors (Lipinski definition) is 6. The summed E-state index contributed by atoms with van der Waals surface area (Å²) in [5.41, 5.74) is 1.49. The maximum atomic E-state index is 13.3. The summed E-state index contributed by atoms with van der Waals surface area (Å²) in [6.07, 6.45) is 0.957. The average Bonchev–Trinajstić information content (AvgIpc) is 3.36. The predicted octanol–water partition coefficient (Wildman–Crippen LogP) is 5.64. The predicted molar refractivity (Wildman–Crippen MR) is 140 cm³/mol. The molecule has 0 aliphatic rings. The SMILES string of the molecule is CC[C@@H](C)N(CCC(=O)Nc1nnc(-c2cccc(OC)c2)s1)C(=O)c1ccc2ccccc2c1. The molecule has 0 spiro atoms. The van der Waals surface area contributed by atoms with Crippen molar-refractivity contribution in [3.8, 4) is 16.3 Å². The molecule has 0 aliphatic heterocycles. The van der Waals surface area contributed by atoms with Crippen molar-refractivity contribution in [2.24, 2.45) is 0 Å². The molecule has 0 unspecified atom stereocenters. The van der Waals surface area contributed by atoms with E-state index in [9.17, 15) is 9.59 Å². The number of fused-ring (bicyclic) bond motifs is 1. The fourth-order valence-electron chi connectivity index (χ4n) is 3.78. The summed E-state index contributed by atoms with van der Waals surface area (Å²) in [5.74, 6) is 0.441. The summed E-state index contributed by atoms with van der Waals surface area (Å²) < 4.78 is 5.26. The maximum Gasteiger partial charge on any atom is 0.254 e.